The number of halogens is 1. The Kier molecular flexibility index (Phi) is 5.28. The van der Waals surface area contributed by atoms with Gasteiger partial charge in [0.1, 0.15) is 11.6 Å². The van der Waals surface area contributed by atoms with E-state index in [9.17, 15) is 19.5 Å². The van der Waals surface area contributed by atoms with Crippen molar-refractivity contribution in [3.05, 3.63) is 29.3 Å². The van der Waals surface area contributed by atoms with E-state index in [4.69, 9.17) is 16.3 Å². The van der Waals surface area contributed by atoms with Gasteiger partial charge in [0.15, 0.2) is 0 Å². The van der Waals surface area contributed by atoms with Gasteiger partial charge in [0, 0.05) is 24.3 Å². The second-order valence-electron chi connectivity index (χ2n) is 8.20. The molecule has 9 heteroatoms. The molecule has 3 heterocycles. The third-order valence-electron chi connectivity index (χ3n) is 6.91. The van der Waals surface area contributed by atoms with Crippen LogP contribution in [0.3, 0.4) is 0 Å². The largest absolute Gasteiger partial charge is 0.395 e. The Morgan fingerprint density at radius 1 is 1.27 bits per heavy atom. The van der Waals surface area contributed by atoms with Crippen LogP contribution in [0.25, 0.3) is 0 Å². The second kappa shape index (κ2) is 7.51. The highest BCUT2D eigenvalue weighted by Gasteiger charge is 2.78. The fraction of sp³-hybridized carbons (Fsp3) is 0.571. The maximum absolute atomic E-state index is 13.4. The zero-order chi connectivity index (χ0) is 21.7. The molecule has 0 saturated carbocycles. The first-order valence-electron chi connectivity index (χ1n) is 10.2. The Labute approximate surface area is 179 Å². The number of aliphatic hydroxyl groups excluding tert-OH is 1. The molecular formula is C21H26ClN3O5. The minimum absolute atomic E-state index is 0.00125. The van der Waals surface area contributed by atoms with Gasteiger partial charge in [-0.3, -0.25) is 14.4 Å². The Bertz CT molecular complexity index is 878. The van der Waals surface area contributed by atoms with Gasteiger partial charge in [-0.15, -0.1) is 0 Å². The van der Waals surface area contributed by atoms with Crippen molar-refractivity contribution < 1.29 is 24.2 Å². The number of amides is 3. The number of carbonyl (C=O) groups is 3. The number of rotatable bonds is 6. The van der Waals surface area contributed by atoms with E-state index >= 15 is 0 Å². The van der Waals surface area contributed by atoms with E-state index in [0.717, 1.165) is 0 Å². The fourth-order valence-corrected chi connectivity index (χ4v) is 5.79. The summed E-state index contributed by atoms with van der Waals surface area (Å²) in [4.78, 5) is 41.0. The van der Waals surface area contributed by atoms with Crippen molar-refractivity contribution in [1.29, 1.82) is 0 Å². The van der Waals surface area contributed by atoms with Gasteiger partial charge in [-0.05, 0) is 43.5 Å². The molecule has 2 bridgehead atoms. The lowest BCUT2D eigenvalue weighted by molar-refractivity contribution is -0.146. The SMILES string of the molecule is CC[C@@]12CCC3(O1)C(C(=O)Nc1ccc(Cl)cc1)N(CCO)C(=O)[C@@H]3[C@@H]2C(=O)NC. The molecule has 4 rings (SSSR count). The van der Waals surface area contributed by atoms with Crippen molar-refractivity contribution in [2.75, 3.05) is 25.5 Å². The summed E-state index contributed by atoms with van der Waals surface area (Å²) in [6.45, 7) is 1.65. The average Bonchev–Trinajstić information content (AvgIpc) is 3.33. The number of nitrogens with zero attached hydrogens (tertiary/aromatic N) is 1. The highest BCUT2D eigenvalue weighted by atomic mass is 35.5. The summed E-state index contributed by atoms with van der Waals surface area (Å²) in [5.74, 6) is -2.38. The molecule has 0 radical (unpaired) electrons. The number of likely N-dealkylation sites (tertiary alicyclic amines) is 1. The number of hydrogen-bond donors (Lipinski definition) is 3. The third kappa shape index (κ3) is 2.85. The molecule has 30 heavy (non-hydrogen) atoms. The van der Waals surface area contributed by atoms with Crippen LogP contribution in [0.15, 0.2) is 24.3 Å². The van der Waals surface area contributed by atoms with E-state index in [1.807, 2.05) is 6.92 Å². The van der Waals surface area contributed by atoms with E-state index in [0.29, 0.717) is 30.0 Å². The van der Waals surface area contributed by atoms with Gasteiger partial charge in [-0.1, -0.05) is 18.5 Å². The minimum Gasteiger partial charge on any atom is -0.395 e. The predicted molar refractivity (Wildman–Crippen MR) is 110 cm³/mol. The molecule has 0 aromatic heterocycles. The lowest BCUT2D eigenvalue weighted by Gasteiger charge is -2.33. The van der Waals surface area contributed by atoms with Crippen molar-refractivity contribution in [3.63, 3.8) is 0 Å². The molecule has 0 aliphatic carbocycles. The number of aliphatic hydroxyl groups is 1. The van der Waals surface area contributed by atoms with Crippen molar-refractivity contribution in [1.82, 2.24) is 10.2 Å². The lowest BCUT2D eigenvalue weighted by atomic mass is 9.65. The monoisotopic (exact) mass is 435 g/mol. The molecule has 3 aliphatic heterocycles. The molecule has 1 aromatic carbocycles. The summed E-state index contributed by atoms with van der Waals surface area (Å²) in [5, 5.41) is 15.6. The van der Waals surface area contributed by atoms with Crippen LogP contribution in [0.1, 0.15) is 26.2 Å². The quantitative estimate of drug-likeness (QED) is 0.621. The Hall–Kier alpha value is -2.16. The van der Waals surface area contributed by atoms with Crippen LogP contribution < -0.4 is 10.6 Å². The van der Waals surface area contributed by atoms with Crippen LogP contribution in [-0.2, 0) is 19.1 Å². The molecule has 1 spiro atoms. The number of β-amino-alcohol motifs (C(OH)–C–C–N with tert-alkyl or cyclic N) is 1. The molecule has 2 unspecified atom stereocenters. The van der Waals surface area contributed by atoms with Crippen LogP contribution in [0.4, 0.5) is 5.69 Å². The molecule has 3 fully saturated rings. The lowest BCUT2D eigenvalue weighted by Crippen LogP contribution is -2.53. The molecule has 3 amide bonds. The van der Waals surface area contributed by atoms with Crippen molar-refractivity contribution in [2.24, 2.45) is 11.8 Å². The molecule has 3 aliphatic rings. The zero-order valence-electron chi connectivity index (χ0n) is 17.0. The first kappa shape index (κ1) is 21.1. The van der Waals surface area contributed by atoms with Crippen LogP contribution in [-0.4, -0.2) is 65.2 Å². The van der Waals surface area contributed by atoms with E-state index < -0.39 is 35.0 Å². The van der Waals surface area contributed by atoms with E-state index in [-0.39, 0.29) is 25.0 Å². The first-order valence-corrected chi connectivity index (χ1v) is 10.6. The molecule has 1 aromatic rings. The van der Waals surface area contributed by atoms with E-state index in [2.05, 4.69) is 10.6 Å². The van der Waals surface area contributed by atoms with Crippen LogP contribution in [0, 0.1) is 11.8 Å². The molecule has 162 valence electrons. The van der Waals surface area contributed by atoms with Gasteiger partial charge in [-0.25, -0.2) is 0 Å². The summed E-state index contributed by atoms with van der Waals surface area (Å²) < 4.78 is 6.51. The Morgan fingerprint density at radius 2 is 1.97 bits per heavy atom. The normalized spacial score (nSPS) is 34.2. The number of benzene rings is 1. The molecule has 3 saturated heterocycles. The number of anilines is 1. The summed E-state index contributed by atoms with van der Waals surface area (Å²) in [7, 11) is 1.54. The highest BCUT2D eigenvalue weighted by molar-refractivity contribution is 6.30. The van der Waals surface area contributed by atoms with Gasteiger partial charge >= 0.3 is 0 Å². The van der Waals surface area contributed by atoms with Gasteiger partial charge in [-0.2, -0.15) is 0 Å². The maximum atomic E-state index is 13.4. The van der Waals surface area contributed by atoms with Gasteiger partial charge < -0.3 is 25.4 Å². The van der Waals surface area contributed by atoms with Crippen molar-refractivity contribution in [2.45, 2.75) is 43.4 Å². The number of hydrogen-bond acceptors (Lipinski definition) is 5. The topological polar surface area (TPSA) is 108 Å². The number of fused-ring (bicyclic) bond motifs is 1. The Morgan fingerprint density at radius 3 is 2.57 bits per heavy atom. The second-order valence-corrected chi connectivity index (χ2v) is 8.64. The summed E-state index contributed by atoms with van der Waals surface area (Å²) in [5.41, 5.74) is -1.30. The van der Waals surface area contributed by atoms with E-state index in [1.54, 1.807) is 31.3 Å². The summed E-state index contributed by atoms with van der Waals surface area (Å²) in [6, 6.07) is 5.75. The minimum atomic E-state index is -1.09. The zero-order valence-corrected chi connectivity index (χ0v) is 17.7. The highest BCUT2D eigenvalue weighted by Crippen LogP contribution is 2.64. The van der Waals surface area contributed by atoms with Crippen LogP contribution >= 0.6 is 11.6 Å². The molecule has 5 atom stereocenters. The van der Waals surface area contributed by atoms with Gasteiger partial charge in [0.05, 0.1) is 24.0 Å². The third-order valence-corrected chi connectivity index (χ3v) is 7.16. The standard InChI is InChI=1S/C21H26ClN3O5/c1-3-20-8-9-21(30-20)15(14(20)17(27)23-2)19(29)25(10-11-26)16(21)18(28)24-13-6-4-12(22)5-7-13/h4-7,14-16,26H,3,8-11H2,1-2H3,(H,23,27)(H,24,28)/t14-,15+,16?,20+,21?/m1/s1. The van der Waals surface area contributed by atoms with E-state index in [1.165, 1.54) is 4.90 Å². The first-order chi connectivity index (χ1) is 14.3. The molecular weight excluding hydrogens is 410 g/mol. The van der Waals surface area contributed by atoms with Crippen LogP contribution in [0.5, 0.6) is 0 Å². The average molecular weight is 436 g/mol. The number of carbonyl (C=O) groups excluding carboxylic acids is 3. The van der Waals surface area contributed by atoms with Crippen molar-refractivity contribution in [3.8, 4) is 0 Å². The predicted octanol–water partition coefficient (Wildman–Crippen LogP) is 1.17. The van der Waals surface area contributed by atoms with Gasteiger partial charge in [0.2, 0.25) is 17.7 Å². The smallest absolute Gasteiger partial charge is 0.250 e. The van der Waals surface area contributed by atoms with Gasteiger partial charge in [0.25, 0.3) is 0 Å². The summed E-state index contributed by atoms with van der Waals surface area (Å²) >= 11 is 5.92. The van der Waals surface area contributed by atoms with Crippen molar-refractivity contribution >= 4 is 35.0 Å². The summed E-state index contributed by atoms with van der Waals surface area (Å²) in [6.07, 6.45) is 1.68. The number of ether oxygens (including phenoxy) is 1. The van der Waals surface area contributed by atoms with Crippen LogP contribution in [0.2, 0.25) is 5.02 Å². The fourth-order valence-electron chi connectivity index (χ4n) is 5.66. The Balaban J connectivity index is 1.74. The maximum Gasteiger partial charge on any atom is 0.250 e. The molecule has 8 nitrogen and oxygen atoms in total. The molecule has 3 N–H and O–H groups in total. The number of nitrogens with one attached hydrogen (secondary N) is 2.